The summed E-state index contributed by atoms with van der Waals surface area (Å²) < 4.78 is 6.67. The van der Waals surface area contributed by atoms with Crippen LogP contribution in [0.4, 0.5) is 0 Å². The Hall–Kier alpha value is -1.68. The molecular weight excluding hydrogens is 304 g/mol. The van der Waals surface area contributed by atoms with Gasteiger partial charge in [0.2, 0.25) is 0 Å². The van der Waals surface area contributed by atoms with Gasteiger partial charge in [-0.05, 0) is 40.9 Å². The molecule has 1 saturated carbocycles. The topological polar surface area (TPSA) is 38.9 Å². The van der Waals surface area contributed by atoms with Gasteiger partial charge >= 0.3 is 0 Å². The van der Waals surface area contributed by atoms with E-state index in [1.807, 2.05) is 36.4 Å². The van der Waals surface area contributed by atoms with Gasteiger partial charge in [0.1, 0.15) is 21.7 Å². The number of furan rings is 1. The van der Waals surface area contributed by atoms with Gasteiger partial charge in [-0.25, -0.2) is 9.97 Å². The van der Waals surface area contributed by atoms with Crippen molar-refractivity contribution in [3.63, 3.8) is 0 Å². The molecule has 3 aromatic rings. The molecule has 1 aromatic carbocycles. The van der Waals surface area contributed by atoms with Crippen LogP contribution < -0.4 is 0 Å². The third-order valence-corrected chi connectivity index (χ3v) is 3.74. The molecule has 0 unspecified atom stereocenters. The largest absolute Gasteiger partial charge is 0.454 e. The molecule has 2 aromatic heterocycles. The smallest absolute Gasteiger partial charge is 0.153 e. The summed E-state index contributed by atoms with van der Waals surface area (Å²) in [5, 5.41) is 1.10. The van der Waals surface area contributed by atoms with E-state index in [4.69, 9.17) is 4.42 Å². The summed E-state index contributed by atoms with van der Waals surface area (Å²) in [4.78, 5) is 9.07. The maximum Gasteiger partial charge on any atom is 0.153 e. The zero-order valence-electron chi connectivity index (χ0n) is 10.1. The Kier molecular flexibility index (Phi) is 2.45. The predicted molar refractivity (Wildman–Crippen MR) is 76.9 cm³/mol. The van der Waals surface area contributed by atoms with Crippen molar-refractivity contribution in [1.29, 1.82) is 0 Å². The van der Waals surface area contributed by atoms with Gasteiger partial charge in [-0.2, -0.15) is 0 Å². The van der Waals surface area contributed by atoms with Gasteiger partial charge in [-0.15, -0.1) is 0 Å². The number of para-hydroxylation sites is 1. The highest BCUT2D eigenvalue weighted by Gasteiger charge is 2.27. The summed E-state index contributed by atoms with van der Waals surface area (Å²) in [7, 11) is 0. The second-order valence-electron chi connectivity index (χ2n) is 4.86. The van der Waals surface area contributed by atoms with Gasteiger partial charge in [0.15, 0.2) is 5.76 Å². The fraction of sp³-hybridized carbons (Fsp3) is 0.200. The lowest BCUT2D eigenvalue weighted by Gasteiger charge is -2.01. The lowest BCUT2D eigenvalue weighted by atomic mass is 10.2. The van der Waals surface area contributed by atoms with Crippen LogP contribution in [-0.2, 0) is 0 Å². The number of benzene rings is 1. The number of aromatic nitrogens is 2. The average Bonchev–Trinajstić information content (AvgIpc) is 3.17. The number of nitrogens with zero attached hydrogens (tertiary/aromatic N) is 2. The van der Waals surface area contributed by atoms with E-state index >= 15 is 0 Å². The second-order valence-corrected chi connectivity index (χ2v) is 5.67. The number of hydrogen-bond donors (Lipinski definition) is 0. The fourth-order valence-electron chi connectivity index (χ4n) is 2.19. The maximum atomic E-state index is 5.85. The predicted octanol–water partition coefficient (Wildman–Crippen LogP) is 4.53. The molecule has 3 nitrogen and oxygen atoms in total. The normalized spacial score (nSPS) is 15.0. The molecule has 0 amide bonds. The Morgan fingerprint density at radius 3 is 2.74 bits per heavy atom. The molecule has 4 rings (SSSR count). The summed E-state index contributed by atoms with van der Waals surface area (Å²) in [5.41, 5.74) is 1.74. The average molecular weight is 315 g/mol. The van der Waals surface area contributed by atoms with Gasteiger partial charge in [0, 0.05) is 17.4 Å². The van der Waals surface area contributed by atoms with Crippen molar-refractivity contribution in [3.8, 4) is 11.5 Å². The zero-order valence-corrected chi connectivity index (χ0v) is 11.7. The van der Waals surface area contributed by atoms with Crippen LogP contribution in [-0.4, -0.2) is 9.97 Å². The Labute approximate surface area is 118 Å². The molecule has 4 heteroatoms. The number of fused-ring (bicyclic) bond motifs is 1. The first-order chi connectivity index (χ1) is 9.29. The first kappa shape index (κ1) is 11.2. The maximum absolute atomic E-state index is 5.85. The standard InChI is InChI=1S/C15H11BrN2O/c16-14-8-11(17-15(18-14)9-5-6-9)13-7-10-3-1-2-4-12(10)19-13/h1-4,7-9H,5-6H2. The zero-order chi connectivity index (χ0) is 12.8. The van der Waals surface area contributed by atoms with Crippen LogP contribution in [0.25, 0.3) is 22.4 Å². The molecule has 1 fully saturated rings. The monoisotopic (exact) mass is 314 g/mol. The molecule has 0 radical (unpaired) electrons. The van der Waals surface area contributed by atoms with Crippen molar-refractivity contribution in [3.05, 3.63) is 46.8 Å². The Balaban J connectivity index is 1.86. The highest BCUT2D eigenvalue weighted by atomic mass is 79.9. The van der Waals surface area contributed by atoms with Crippen molar-refractivity contribution < 1.29 is 4.42 Å². The van der Waals surface area contributed by atoms with Crippen LogP contribution in [0.5, 0.6) is 0 Å². The van der Waals surface area contributed by atoms with E-state index in [1.54, 1.807) is 0 Å². The molecule has 0 spiro atoms. The summed E-state index contributed by atoms with van der Waals surface area (Å²) in [6, 6.07) is 11.9. The number of halogens is 1. The molecule has 2 heterocycles. The first-order valence-corrected chi connectivity index (χ1v) is 7.12. The highest BCUT2D eigenvalue weighted by Crippen LogP contribution is 2.39. The van der Waals surface area contributed by atoms with E-state index in [2.05, 4.69) is 25.9 Å². The van der Waals surface area contributed by atoms with Gasteiger partial charge in [-0.1, -0.05) is 18.2 Å². The third kappa shape index (κ3) is 2.06. The molecule has 0 N–H and O–H groups in total. The summed E-state index contributed by atoms with van der Waals surface area (Å²) >= 11 is 3.46. The van der Waals surface area contributed by atoms with Gasteiger partial charge < -0.3 is 4.42 Å². The summed E-state index contributed by atoms with van der Waals surface area (Å²) in [6.07, 6.45) is 2.38. The molecule has 1 aliphatic carbocycles. The van der Waals surface area contributed by atoms with Crippen LogP contribution >= 0.6 is 15.9 Å². The molecule has 0 atom stereocenters. The van der Waals surface area contributed by atoms with Gasteiger partial charge in [0.25, 0.3) is 0 Å². The van der Waals surface area contributed by atoms with E-state index < -0.39 is 0 Å². The minimum Gasteiger partial charge on any atom is -0.454 e. The number of rotatable bonds is 2. The first-order valence-electron chi connectivity index (χ1n) is 6.33. The van der Waals surface area contributed by atoms with Gasteiger partial charge in [0.05, 0.1) is 0 Å². The minimum absolute atomic E-state index is 0.528. The van der Waals surface area contributed by atoms with E-state index in [0.717, 1.165) is 32.9 Å². The van der Waals surface area contributed by atoms with Crippen molar-refractivity contribution >= 4 is 26.9 Å². The van der Waals surface area contributed by atoms with E-state index in [1.165, 1.54) is 12.8 Å². The van der Waals surface area contributed by atoms with E-state index in [-0.39, 0.29) is 0 Å². The van der Waals surface area contributed by atoms with Crippen LogP contribution in [0.1, 0.15) is 24.6 Å². The third-order valence-electron chi connectivity index (χ3n) is 3.33. The highest BCUT2D eigenvalue weighted by molar-refractivity contribution is 9.10. The van der Waals surface area contributed by atoms with Crippen molar-refractivity contribution in [2.24, 2.45) is 0 Å². The van der Waals surface area contributed by atoms with Crippen molar-refractivity contribution in [2.45, 2.75) is 18.8 Å². The molecule has 0 bridgehead atoms. The molecule has 1 aliphatic rings. The minimum atomic E-state index is 0.528. The second kappa shape index (κ2) is 4.17. The fourth-order valence-corrected chi connectivity index (χ4v) is 2.59. The Bertz CT molecular complexity index is 729. The molecule has 0 saturated heterocycles. The van der Waals surface area contributed by atoms with Crippen molar-refractivity contribution in [1.82, 2.24) is 9.97 Å². The SMILES string of the molecule is Brc1cc(-c2cc3ccccc3o2)nc(C2CC2)n1. The summed E-state index contributed by atoms with van der Waals surface area (Å²) in [6.45, 7) is 0. The molecule has 94 valence electrons. The lowest BCUT2D eigenvalue weighted by molar-refractivity contribution is 0.627. The quantitative estimate of drug-likeness (QED) is 0.652. The van der Waals surface area contributed by atoms with E-state index in [9.17, 15) is 0 Å². The van der Waals surface area contributed by atoms with Crippen LogP contribution in [0, 0.1) is 0 Å². The molecular formula is C15H11BrN2O. The number of hydrogen-bond acceptors (Lipinski definition) is 3. The molecule has 19 heavy (non-hydrogen) atoms. The van der Waals surface area contributed by atoms with Crippen molar-refractivity contribution in [2.75, 3.05) is 0 Å². The van der Waals surface area contributed by atoms with Crippen LogP contribution in [0.15, 0.2) is 45.4 Å². The van der Waals surface area contributed by atoms with Gasteiger partial charge in [-0.3, -0.25) is 0 Å². The van der Waals surface area contributed by atoms with Crippen LogP contribution in [0.2, 0.25) is 0 Å². The molecule has 0 aliphatic heterocycles. The lowest BCUT2D eigenvalue weighted by Crippen LogP contribution is -1.94. The van der Waals surface area contributed by atoms with Crippen LogP contribution in [0.3, 0.4) is 0 Å². The summed E-state index contributed by atoms with van der Waals surface area (Å²) in [5.74, 6) is 2.25. The Morgan fingerprint density at radius 2 is 1.95 bits per heavy atom. The van der Waals surface area contributed by atoms with E-state index in [0.29, 0.717) is 5.92 Å². The Morgan fingerprint density at radius 1 is 1.11 bits per heavy atom.